The highest BCUT2D eigenvalue weighted by molar-refractivity contribution is 5.25. The van der Waals surface area contributed by atoms with Gasteiger partial charge in [0.1, 0.15) is 0 Å². The average molecular weight is 333 g/mol. The minimum absolute atomic E-state index is 0.00527. The van der Waals surface area contributed by atoms with Crippen molar-refractivity contribution < 1.29 is 14.9 Å². The molecule has 4 saturated carbocycles. The highest BCUT2D eigenvalue weighted by atomic mass is 16.5. The van der Waals surface area contributed by atoms with Gasteiger partial charge < -0.3 is 14.9 Å². The molecule has 0 radical (unpaired) electrons. The van der Waals surface area contributed by atoms with E-state index in [-0.39, 0.29) is 23.7 Å². The molecule has 2 aliphatic heterocycles. The Balaban J connectivity index is 1.45. The Morgan fingerprint density at radius 3 is 2.79 bits per heavy atom. The first-order valence-corrected chi connectivity index (χ1v) is 10.4. The largest absolute Gasteiger partial charge is 0.390 e. The molecule has 0 aromatic rings. The van der Waals surface area contributed by atoms with E-state index in [4.69, 9.17) is 4.74 Å². The molecule has 2 saturated heterocycles. The van der Waals surface area contributed by atoms with Crippen molar-refractivity contribution in [1.82, 2.24) is 4.90 Å². The van der Waals surface area contributed by atoms with E-state index in [9.17, 15) is 10.2 Å². The Morgan fingerprint density at radius 1 is 1.08 bits per heavy atom. The normalized spacial score (nSPS) is 59.2. The molecule has 6 aliphatic rings. The average Bonchev–Trinajstić information content (AvgIpc) is 3.30. The third kappa shape index (κ3) is 1.65. The van der Waals surface area contributed by atoms with Crippen LogP contribution in [0.1, 0.15) is 57.8 Å². The molecule has 134 valence electrons. The summed E-state index contributed by atoms with van der Waals surface area (Å²) >= 11 is 0. The molecule has 0 aromatic carbocycles. The highest BCUT2D eigenvalue weighted by Gasteiger charge is 2.76. The SMILES string of the molecule is OC1CCC2C[C@H]3N(CC4CC4)CC[C@]45C2C1O[C@@H]4CCC[C@@]35O. The van der Waals surface area contributed by atoms with E-state index in [2.05, 4.69) is 4.90 Å². The molecule has 8 atom stereocenters. The van der Waals surface area contributed by atoms with Gasteiger partial charge in [-0.05, 0) is 76.2 Å². The molecule has 6 rings (SSSR count). The van der Waals surface area contributed by atoms with Crippen LogP contribution in [0.3, 0.4) is 0 Å². The van der Waals surface area contributed by atoms with Gasteiger partial charge in [0.25, 0.3) is 0 Å². The summed E-state index contributed by atoms with van der Waals surface area (Å²) in [6, 6.07) is 0.341. The van der Waals surface area contributed by atoms with Crippen molar-refractivity contribution >= 4 is 0 Å². The minimum Gasteiger partial charge on any atom is -0.390 e. The number of ether oxygens (including phenoxy) is 1. The molecule has 6 fully saturated rings. The van der Waals surface area contributed by atoms with Crippen LogP contribution in [0.2, 0.25) is 0 Å². The number of nitrogens with zero attached hydrogens (tertiary/aromatic N) is 1. The van der Waals surface area contributed by atoms with Gasteiger partial charge in [-0.2, -0.15) is 0 Å². The monoisotopic (exact) mass is 333 g/mol. The first-order valence-electron chi connectivity index (χ1n) is 10.4. The predicted octanol–water partition coefficient (Wildman–Crippen LogP) is 1.93. The molecule has 2 heterocycles. The lowest BCUT2D eigenvalue weighted by atomic mass is 9.43. The lowest BCUT2D eigenvalue weighted by Crippen LogP contribution is -2.76. The van der Waals surface area contributed by atoms with E-state index in [0.717, 1.165) is 57.4 Å². The Morgan fingerprint density at radius 2 is 1.96 bits per heavy atom. The van der Waals surface area contributed by atoms with Crippen LogP contribution < -0.4 is 0 Å². The molecular weight excluding hydrogens is 302 g/mol. The summed E-state index contributed by atoms with van der Waals surface area (Å²) in [4.78, 5) is 2.67. The van der Waals surface area contributed by atoms with Crippen LogP contribution in [0.5, 0.6) is 0 Å². The van der Waals surface area contributed by atoms with Crippen LogP contribution in [-0.2, 0) is 4.74 Å². The maximum absolute atomic E-state index is 12.1. The molecular formula is C20H31NO3. The third-order valence-electron chi connectivity index (χ3n) is 8.92. The summed E-state index contributed by atoms with van der Waals surface area (Å²) in [7, 11) is 0. The van der Waals surface area contributed by atoms with Crippen LogP contribution >= 0.6 is 0 Å². The summed E-state index contributed by atoms with van der Waals surface area (Å²) in [5, 5.41) is 22.7. The quantitative estimate of drug-likeness (QED) is 0.811. The van der Waals surface area contributed by atoms with E-state index in [1.807, 2.05) is 0 Å². The van der Waals surface area contributed by atoms with Crippen molar-refractivity contribution in [2.24, 2.45) is 23.2 Å². The van der Waals surface area contributed by atoms with E-state index >= 15 is 0 Å². The molecule has 4 heteroatoms. The van der Waals surface area contributed by atoms with Gasteiger partial charge in [-0.15, -0.1) is 0 Å². The second-order valence-electron chi connectivity index (χ2n) is 9.82. The van der Waals surface area contributed by atoms with Gasteiger partial charge in [0.05, 0.1) is 23.9 Å². The number of aliphatic hydroxyl groups is 2. The smallest absolute Gasteiger partial charge is 0.0887 e. The highest BCUT2D eigenvalue weighted by Crippen LogP contribution is 2.69. The molecule has 2 N–H and O–H groups in total. The zero-order valence-corrected chi connectivity index (χ0v) is 14.6. The van der Waals surface area contributed by atoms with Crippen molar-refractivity contribution in [3.05, 3.63) is 0 Å². The first-order chi connectivity index (χ1) is 11.6. The molecule has 4 unspecified atom stereocenters. The lowest BCUT2D eigenvalue weighted by molar-refractivity contribution is -0.256. The van der Waals surface area contributed by atoms with Gasteiger partial charge in [-0.25, -0.2) is 0 Å². The van der Waals surface area contributed by atoms with E-state index in [0.29, 0.717) is 17.9 Å². The van der Waals surface area contributed by atoms with Crippen molar-refractivity contribution in [2.45, 2.75) is 87.7 Å². The number of aliphatic hydroxyl groups excluding tert-OH is 1. The molecule has 4 nitrogen and oxygen atoms in total. The molecule has 4 aliphatic carbocycles. The van der Waals surface area contributed by atoms with Crippen molar-refractivity contribution in [1.29, 1.82) is 0 Å². The number of hydrogen-bond donors (Lipinski definition) is 2. The molecule has 24 heavy (non-hydrogen) atoms. The van der Waals surface area contributed by atoms with Gasteiger partial charge in [-0.3, -0.25) is 4.90 Å². The van der Waals surface area contributed by atoms with Gasteiger partial charge in [0, 0.05) is 23.9 Å². The van der Waals surface area contributed by atoms with E-state index < -0.39 is 5.60 Å². The minimum atomic E-state index is -0.573. The molecule has 2 bridgehead atoms. The van der Waals surface area contributed by atoms with Crippen LogP contribution in [0, 0.1) is 23.2 Å². The standard InChI is InChI=1S/C20H31NO3/c22-14-6-5-13-10-15-20(23)7-1-2-16-19(20,17(13)18(14)24-16)8-9-21(15)11-12-3-4-12/h12-18,22-23H,1-11H2/t13?,14?,15-,16-,17?,18?,19-,20-/m1/s1. The Labute approximate surface area is 144 Å². The maximum atomic E-state index is 12.1. The fraction of sp³-hybridized carbons (Fsp3) is 1.00. The van der Waals surface area contributed by atoms with Crippen LogP contribution in [0.15, 0.2) is 0 Å². The lowest BCUT2D eigenvalue weighted by Gasteiger charge is -2.67. The van der Waals surface area contributed by atoms with E-state index in [1.165, 1.54) is 19.4 Å². The summed E-state index contributed by atoms with van der Waals surface area (Å²) < 4.78 is 6.50. The second-order valence-corrected chi connectivity index (χ2v) is 9.82. The predicted molar refractivity (Wildman–Crippen MR) is 89.4 cm³/mol. The summed E-state index contributed by atoms with van der Waals surface area (Å²) in [6.07, 6.45) is 10.0. The van der Waals surface area contributed by atoms with E-state index in [1.54, 1.807) is 0 Å². The maximum Gasteiger partial charge on any atom is 0.0887 e. The van der Waals surface area contributed by atoms with Crippen molar-refractivity contribution in [3.63, 3.8) is 0 Å². The summed E-state index contributed by atoms with van der Waals surface area (Å²) in [6.45, 7) is 2.34. The van der Waals surface area contributed by atoms with Gasteiger partial charge in [0.15, 0.2) is 0 Å². The Hall–Kier alpha value is -0.160. The van der Waals surface area contributed by atoms with Crippen LogP contribution in [0.25, 0.3) is 0 Å². The number of hydrogen-bond acceptors (Lipinski definition) is 4. The summed E-state index contributed by atoms with van der Waals surface area (Å²) in [5.74, 6) is 1.94. The van der Waals surface area contributed by atoms with Crippen LogP contribution in [0.4, 0.5) is 0 Å². The summed E-state index contributed by atoms with van der Waals surface area (Å²) in [5.41, 5.74) is -0.638. The van der Waals surface area contributed by atoms with Crippen LogP contribution in [-0.4, -0.2) is 58.2 Å². The zero-order chi connectivity index (χ0) is 16.1. The second kappa shape index (κ2) is 4.76. The van der Waals surface area contributed by atoms with Crippen molar-refractivity contribution in [3.8, 4) is 0 Å². The molecule has 0 aromatic heterocycles. The fourth-order valence-electron chi connectivity index (χ4n) is 7.89. The fourth-order valence-corrected chi connectivity index (χ4v) is 7.89. The van der Waals surface area contributed by atoms with Gasteiger partial charge in [0.2, 0.25) is 0 Å². The molecule has 1 spiro atoms. The Kier molecular flexibility index (Phi) is 2.97. The third-order valence-corrected chi connectivity index (χ3v) is 8.92. The topological polar surface area (TPSA) is 52.9 Å². The first kappa shape index (κ1) is 15.0. The number of rotatable bonds is 2. The number of likely N-dealkylation sites (tertiary alicyclic amines) is 1. The molecule has 0 amide bonds. The number of piperidine rings is 1. The Bertz CT molecular complexity index is 551. The van der Waals surface area contributed by atoms with Gasteiger partial charge in [-0.1, -0.05) is 0 Å². The zero-order valence-electron chi connectivity index (χ0n) is 14.6. The van der Waals surface area contributed by atoms with Gasteiger partial charge >= 0.3 is 0 Å². The van der Waals surface area contributed by atoms with Crippen molar-refractivity contribution in [2.75, 3.05) is 13.1 Å².